The molecule has 1 N–H and O–H groups in total. The summed E-state index contributed by atoms with van der Waals surface area (Å²) in [5, 5.41) is 4.07. The smallest absolute Gasteiger partial charge is 0.343 e. The molecule has 0 spiro atoms. The first-order valence-corrected chi connectivity index (χ1v) is 12.8. The second-order valence-corrected chi connectivity index (χ2v) is 8.64. The van der Waals surface area contributed by atoms with Gasteiger partial charge in [-0.15, -0.1) is 0 Å². The Bertz CT molecular complexity index is 1450. The van der Waals surface area contributed by atoms with Gasteiger partial charge in [0.25, 0.3) is 5.91 Å². The summed E-state index contributed by atoms with van der Waals surface area (Å²) >= 11 is 0. The largest absolute Gasteiger partial charge is 0.494 e. The van der Waals surface area contributed by atoms with E-state index in [4.69, 9.17) is 18.9 Å². The van der Waals surface area contributed by atoms with Gasteiger partial charge in [-0.05, 0) is 72.1 Å². The highest BCUT2D eigenvalue weighted by Gasteiger charge is 2.14. The van der Waals surface area contributed by atoms with Gasteiger partial charge in [-0.1, -0.05) is 49.4 Å². The molecule has 40 heavy (non-hydrogen) atoms. The Morgan fingerprint density at radius 2 is 1.57 bits per heavy atom. The molecule has 0 bridgehead atoms. The Morgan fingerprint density at radius 3 is 2.33 bits per heavy atom. The number of nitrogens with one attached hydrogen (secondary N) is 1. The van der Waals surface area contributed by atoms with E-state index in [1.807, 2.05) is 37.3 Å². The third-order valence-electron chi connectivity index (χ3n) is 5.70. The fourth-order valence-electron chi connectivity index (χ4n) is 3.66. The summed E-state index contributed by atoms with van der Waals surface area (Å²) in [5.41, 5.74) is 4.89. The number of rotatable bonds is 12. The Balaban J connectivity index is 1.36. The Hall–Kier alpha value is -5.11. The second-order valence-electron chi connectivity index (χ2n) is 8.64. The second kappa shape index (κ2) is 14.2. The minimum atomic E-state index is -0.526. The van der Waals surface area contributed by atoms with E-state index in [-0.39, 0.29) is 5.75 Å². The molecule has 0 fully saturated rings. The predicted molar refractivity (Wildman–Crippen MR) is 152 cm³/mol. The molecule has 204 valence electrons. The first-order chi connectivity index (χ1) is 19.6. The zero-order chi connectivity index (χ0) is 28.2. The number of esters is 1. The highest BCUT2D eigenvalue weighted by molar-refractivity contribution is 5.97. The highest BCUT2D eigenvalue weighted by Crippen LogP contribution is 2.28. The van der Waals surface area contributed by atoms with Crippen LogP contribution in [0.4, 0.5) is 0 Å². The van der Waals surface area contributed by atoms with E-state index in [1.54, 1.807) is 66.7 Å². The molecule has 0 aliphatic carbocycles. The number of hydrazone groups is 1. The number of hydrogen-bond donors (Lipinski definition) is 1. The van der Waals surface area contributed by atoms with Crippen LogP contribution in [-0.4, -0.2) is 31.8 Å². The van der Waals surface area contributed by atoms with Crippen LogP contribution in [0, 0.1) is 0 Å². The van der Waals surface area contributed by atoms with Crippen molar-refractivity contribution in [1.82, 2.24) is 5.43 Å². The van der Waals surface area contributed by atoms with Crippen molar-refractivity contribution in [2.75, 3.05) is 13.7 Å². The summed E-state index contributed by atoms with van der Waals surface area (Å²) in [6.07, 6.45) is 2.36. The van der Waals surface area contributed by atoms with Gasteiger partial charge in [-0.25, -0.2) is 10.2 Å². The van der Waals surface area contributed by atoms with E-state index in [0.29, 0.717) is 47.2 Å². The van der Waals surface area contributed by atoms with E-state index in [1.165, 1.54) is 13.3 Å². The fraction of sp³-hybridized carbons (Fsp3) is 0.156. The van der Waals surface area contributed by atoms with Gasteiger partial charge in [0.2, 0.25) is 0 Å². The molecule has 4 rings (SSSR count). The molecule has 1 amide bonds. The van der Waals surface area contributed by atoms with Crippen molar-refractivity contribution >= 4 is 18.1 Å². The van der Waals surface area contributed by atoms with Gasteiger partial charge in [0, 0.05) is 0 Å². The van der Waals surface area contributed by atoms with Crippen LogP contribution < -0.4 is 24.4 Å². The molecule has 4 aromatic rings. The van der Waals surface area contributed by atoms with Gasteiger partial charge in [0.15, 0.2) is 11.5 Å². The summed E-state index contributed by atoms with van der Waals surface area (Å²) in [6.45, 7) is 2.97. The molecule has 0 radical (unpaired) electrons. The van der Waals surface area contributed by atoms with Crippen LogP contribution in [0.15, 0.2) is 102 Å². The molecule has 8 nitrogen and oxygen atoms in total. The zero-order valence-electron chi connectivity index (χ0n) is 22.3. The Morgan fingerprint density at radius 1 is 0.825 bits per heavy atom. The average Bonchev–Trinajstić information content (AvgIpc) is 3.00. The standard InChI is InChI=1S/C32H30N2O6/c1-3-19-38-26-16-14-25(15-17-26)32(36)40-29-18-13-24(20-30(29)37-2)21-33-34-31(35)27-11-7-8-12-28(27)39-22-23-9-5-4-6-10-23/h4-18,20-21H,3,19,22H2,1-2H3,(H,34,35). The fourth-order valence-corrected chi connectivity index (χ4v) is 3.66. The van der Waals surface area contributed by atoms with Crippen LogP contribution in [0.1, 0.15) is 45.2 Å². The van der Waals surface area contributed by atoms with Crippen LogP contribution in [-0.2, 0) is 6.61 Å². The molecule has 0 unspecified atom stereocenters. The van der Waals surface area contributed by atoms with Gasteiger partial charge < -0.3 is 18.9 Å². The van der Waals surface area contributed by atoms with E-state index >= 15 is 0 Å². The summed E-state index contributed by atoms with van der Waals surface area (Å²) in [5.74, 6) is 0.798. The molecule has 0 aromatic heterocycles. The minimum Gasteiger partial charge on any atom is -0.494 e. The Labute approximate surface area is 233 Å². The molecule has 8 heteroatoms. The van der Waals surface area contributed by atoms with E-state index in [2.05, 4.69) is 10.5 Å². The van der Waals surface area contributed by atoms with Gasteiger partial charge in [-0.3, -0.25) is 4.79 Å². The molecule has 0 heterocycles. The Kier molecular flexibility index (Phi) is 9.88. The highest BCUT2D eigenvalue weighted by atomic mass is 16.6. The topological polar surface area (TPSA) is 95.5 Å². The van der Waals surface area contributed by atoms with Crippen molar-refractivity contribution in [2.24, 2.45) is 5.10 Å². The van der Waals surface area contributed by atoms with Crippen LogP contribution in [0.25, 0.3) is 0 Å². The maximum absolute atomic E-state index is 12.8. The number of benzene rings is 4. The first kappa shape index (κ1) is 27.9. The molecule has 0 saturated heterocycles. The maximum atomic E-state index is 12.8. The molecule has 0 saturated carbocycles. The number of para-hydroxylation sites is 1. The quantitative estimate of drug-likeness (QED) is 0.102. The summed E-state index contributed by atoms with van der Waals surface area (Å²) in [6, 6.07) is 28.4. The number of ether oxygens (including phenoxy) is 4. The lowest BCUT2D eigenvalue weighted by atomic mass is 10.2. The third-order valence-corrected chi connectivity index (χ3v) is 5.70. The summed E-state index contributed by atoms with van der Waals surface area (Å²) in [4.78, 5) is 25.4. The van der Waals surface area contributed by atoms with Crippen molar-refractivity contribution in [3.8, 4) is 23.0 Å². The lowest BCUT2D eigenvalue weighted by Crippen LogP contribution is -2.18. The lowest BCUT2D eigenvalue weighted by molar-refractivity contribution is 0.0729. The van der Waals surface area contributed by atoms with Crippen LogP contribution in [0.3, 0.4) is 0 Å². The number of carbonyl (C=O) groups excluding carboxylic acids is 2. The van der Waals surface area contributed by atoms with Crippen molar-refractivity contribution in [3.63, 3.8) is 0 Å². The van der Waals surface area contributed by atoms with Crippen LogP contribution in [0.5, 0.6) is 23.0 Å². The van der Waals surface area contributed by atoms with Gasteiger partial charge >= 0.3 is 5.97 Å². The van der Waals surface area contributed by atoms with Crippen LogP contribution >= 0.6 is 0 Å². The predicted octanol–water partition coefficient (Wildman–Crippen LogP) is 6.05. The first-order valence-electron chi connectivity index (χ1n) is 12.8. The molecule has 4 aromatic carbocycles. The van der Waals surface area contributed by atoms with Crippen LogP contribution in [0.2, 0.25) is 0 Å². The van der Waals surface area contributed by atoms with Crippen molar-refractivity contribution < 1.29 is 28.5 Å². The number of methoxy groups -OCH3 is 1. The molecule has 0 aliphatic rings. The maximum Gasteiger partial charge on any atom is 0.343 e. The van der Waals surface area contributed by atoms with Gasteiger partial charge in [0.1, 0.15) is 18.1 Å². The number of amides is 1. The van der Waals surface area contributed by atoms with E-state index in [9.17, 15) is 9.59 Å². The zero-order valence-corrected chi connectivity index (χ0v) is 22.3. The third kappa shape index (κ3) is 7.70. The summed E-state index contributed by atoms with van der Waals surface area (Å²) < 4.78 is 22.3. The number of hydrogen-bond acceptors (Lipinski definition) is 7. The molecular weight excluding hydrogens is 508 g/mol. The monoisotopic (exact) mass is 538 g/mol. The molecule has 0 atom stereocenters. The van der Waals surface area contributed by atoms with E-state index < -0.39 is 11.9 Å². The number of carbonyl (C=O) groups is 2. The van der Waals surface area contributed by atoms with Crippen molar-refractivity contribution in [2.45, 2.75) is 20.0 Å². The minimum absolute atomic E-state index is 0.254. The van der Waals surface area contributed by atoms with Crippen molar-refractivity contribution in [3.05, 3.63) is 119 Å². The molecule has 0 aliphatic heterocycles. The van der Waals surface area contributed by atoms with E-state index in [0.717, 1.165) is 12.0 Å². The van der Waals surface area contributed by atoms with Crippen molar-refractivity contribution in [1.29, 1.82) is 0 Å². The van der Waals surface area contributed by atoms with Gasteiger partial charge in [0.05, 0.1) is 31.1 Å². The summed E-state index contributed by atoms with van der Waals surface area (Å²) in [7, 11) is 1.47. The normalized spacial score (nSPS) is 10.7. The lowest BCUT2D eigenvalue weighted by Gasteiger charge is -2.11. The number of nitrogens with zero attached hydrogens (tertiary/aromatic N) is 1. The van der Waals surface area contributed by atoms with Gasteiger partial charge in [-0.2, -0.15) is 5.10 Å². The molecular formula is C32H30N2O6. The average molecular weight is 539 g/mol. The SMILES string of the molecule is CCCOc1ccc(C(=O)Oc2ccc(C=NNC(=O)c3ccccc3OCc3ccccc3)cc2OC)cc1.